The molecule has 0 radical (unpaired) electrons. The van der Waals surface area contributed by atoms with Crippen LogP contribution in [0.3, 0.4) is 0 Å². The molecule has 6 heteroatoms. The van der Waals surface area contributed by atoms with E-state index in [0.717, 1.165) is 25.0 Å². The minimum absolute atomic E-state index is 0.00543. The van der Waals surface area contributed by atoms with Crippen molar-refractivity contribution in [1.82, 2.24) is 4.31 Å². The summed E-state index contributed by atoms with van der Waals surface area (Å²) in [7, 11) is -3.53. The van der Waals surface area contributed by atoms with Crippen LogP contribution in [-0.4, -0.2) is 38.5 Å². The van der Waals surface area contributed by atoms with Crippen molar-refractivity contribution in [3.63, 3.8) is 0 Å². The number of likely N-dealkylation sites (N-methyl/N-ethyl adjacent to an activating group) is 1. The molecule has 21 heavy (non-hydrogen) atoms. The second-order valence-corrected chi connectivity index (χ2v) is 7.22. The summed E-state index contributed by atoms with van der Waals surface area (Å²) in [5, 5.41) is 0. The molecule has 0 spiro atoms. The molecule has 1 aliphatic rings. The van der Waals surface area contributed by atoms with E-state index in [0.29, 0.717) is 30.1 Å². The monoisotopic (exact) mass is 312 g/mol. The van der Waals surface area contributed by atoms with E-state index in [1.54, 1.807) is 18.2 Å². The average Bonchev–Trinajstić information content (AvgIpc) is 2.97. The highest BCUT2D eigenvalue weighted by atomic mass is 32.2. The maximum atomic E-state index is 12.9. The molecular weight excluding hydrogens is 288 g/mol. The van der Waals surface area contributed by atoms with Gasteiger partial charge in [-0.3, -0.25) is 0 Å². The molecule has 0 amide bonds. The van der Waals surface area contributed by atoms with Crippen molar-refractivity contribution < 1.29 is 13.2 Å². The molecule has 1 fully saturated rings. The molecule has 0 saturated carbocycles. The summed E-state index contributed by atoms with van der Waals surface area (Å²) >= 11 is 0. The van der Waals surface area contributed by atoms with Gasteiger partial charge in [0.2, 0.25) is 10.0 Å². The first kappa shape index (κ1) is 16.3. The first-order valence-electron chi connectivity index (χ1n) is 7.49. The topological polar surface area (TPSA) is 72.6 Å². The fraction of sp³-hybridized carbons (Fsp3) is 0.600. The molecule has 1 aromatic carbocycles. The Morgan fingerprint density at radius 1 is 1.38 bits per heavy atom. The maximum Gasteiger partial charge on any atom is 0.243 e. The van der Waals surface area contributed by atoms with Gasteiger partial charge in [0.1, 0.15) is 0 Å². The highest BCUT2D eigenvalue weighted by Gasteiger charge is 2.29. The van der Waals surface area contributed by atoms with Crippen LogP contribution in [0.4, 0.5) is 5.69 Å². The minimum atomic E-state index is -3.53. The Bertz CT molecular complexity index is 581. The summed E-state index contributed by atoms with van der Waals surface area (Å²) in [5.74, 6) is 0. The van der Waals surface area contributed by atoms with Crippen molar-refractivity contribution >= 4 is 15.7 Å². The first-order valence-corrected chi connectivity index (χ1v) is 8.93. The summed E-state index contributed by atoms with van der Waals surface area (Å²) < 4.78 is 32.9. The Balaban J connectivity index is 2.32. The van der Waals surface area contributed by atoms with Crippen molar-refractivity contribution in [2.45, 2.75) is 44.1 Å². The lowest BCUT2D eigenvalue weighted by Gasteiger charge is -2.24. The number of hydrogen-bond donors (Lipinski definition) is 1. The second kappa shape index (κ2) is 6.77. The van der Waals surface area contributed by atoms with E-state index in [-0.39, 0.29) is 6.10 Å². The highest BCUT2D eigenvalue weighted by molar-refractivity contribution is 7.89. The number of ether oxygens (including phenoxy) is 1. The molecule has 1 aliphatic heterocycles. The van der Waals surface area contributed by atoms with Crippen molar-refractivity contribution in [3.8, 4) is 0 Å². The Kier molecular flexibility index (Phi) is 5.24. The van der Waals surface area contributed by atoms with Crippen LogP contribution in [0.1, 0.15) is 32.3 Å². The van der Waals surface area contributed by atoms with Gasteiger partial charge in [0.15, 0.2) is 0 Å². The van der Waals surface area contributed by atoms with Gasteiger partial charge in [0.05, 0.1) is 11.0 Å². The number of benzene rings is 1. The van der Waals surface area contributed by atoms with Crippen LogP contribution < -0.4 is 5.73 Å². The first-order chi connectivity index (χ1) is 9.98. The van der Waals surface area contributed by atoms with Crippen LogP contribution in [-0.2, 0) is 21.2 Å². The molecule has 0 aromatic heterocycles. The summed E-state index contributed by atoms with van der Waals surface area (Å²) in [6, 6.07) is 5.10. The third-order valence-electron chi connectivity index (χ3n) is 3.87. The van der Waals surface area contributed by atoms with Gasteiger partial charge in [-0.15, -0.1) is 0 Å². The molecule has 0 aliphatic carbocycles. The zero-order valence-electron chi connectivity index (χ0n) is 12.7. The summed E-state index contributed by atoms with van der Waals surface area (Å²) in [6.45, 7) is 5.36. The van der Waals surface area contributed by atoms with Crippen LogP contribution in [0.25, 0.3) is 0 Å². The summed E-state index contributed by atoms with van der Waals surface area (Å²) in [6.07, 6.45) is 2.59. The van der Waals surface area contributed by atoms with E-state index in [1.807, 2.05) is 13.8 Å². The van der Waals surface area contributed by atoms with Crippen molar-refractivity contribution in [3.05, 3.63) is 23.8 Å². The highest BCUT2D eigenvalue weighted by Crippen LogP contribution is 2.25. The molecule has 118 valence electrons. The van der Waals surface area contributed by atoms with Crippen molar-refractivity contribution in [1.29, 1.82) is 0 Å². The van der Waals surface area contributed by atoms with E-state index in [1.165, 1.54) is 4.31 Å². The van der Waals surface area contributed by atoms with E-state index in [2.05, 4.69) is 0 Å². The smallest absolute Gasteiger partial charge is 0.243 e. The van der Waals surface area contributed by atoms with Gasteiger partial charge in [-0.1, -0.05) is 19.9 Å². The number of nitrogen functional groups attached to an aromatic ring is 1. The fourth-order valence-corrected chi connectivity index (χ4v) is 4.46. The molecule has 1 atom stereocenters. The van der Waals surface area contributed by atoms with Gasteiger partial charge in [-0.05, 0) is 37.0 Å². The Hall–Kier alpha value is -1.11. The predicted molar refractivity (Wildman–Crippen MR) is 83.6 cm³/mol. The lowest BCUT2D eigenvalue weighted by Crippen LogP contribution is -2.37. The lowest BCUT2D eigenvalue weighted by atomic mass is 10.1. The van der Waals surface area contributed by atoms with Crippen LogP contribution in [0.5, 0.6) is 0 Å². The number of anilines is 1. The van der Waals surface area contributed by atoms with Crippen molar-refractivity contribution in [2.75, 3.05) is 25.4 Å². The molecule has 1 saturated heterocycles. The van der Waals surface area contributed by atoms with E-state index in [4.69, 9.17) is 10.5 Å². The van der Waals surface area contributed by atoms with Gasteiger partial charge >= 0.3 is 0 Å². The quantitative estimate of drug-likeness (QED) is 0.816. The maximum absolute atomic E-state index is 12.9. The Labute approximate surface area is 127 Å². The van der Waals surface area contributed by atoms with Gasteiger partial charge < -0.3 is 10.5 Å². The van der Waals surface area contributed by atoms with Crippen molar-refractivity contribution in [2.24, 2.45) is 0 Å². The molecule has 0 bridgehead atoms. The lowest BCUT2D eigenvalue weighted by molar-refractivity contribution is 0.0946. The number of hydrogen-bond acceptors (Lipinski definition) is 4. The number of aryl methyl sites for hydroxylation is 1. The third kappa shape index (κ3) is 3.56. The number of rotatable bonds is 6. The van der Waals surface area contributed by atoms with E-state index in [9.17, 15) is 8.42 Å². The summed E-state index contributed by atoms with van der Waals surface area (Å²) in [4.78, 5) is 0.324. The average molecular weight is 312 g/mol. The summed E-state index contributed by atoms with van der Waals surface area (Å²) in [5.41, 5.74) is 7.05. The van der Waals surface area contributed by atoms with Gasteiger partial charge in [0, 0.05) is 25.4 Å². The molecule has 1 aromatic rings. The standard InChI is InChI=1S/C15H24N2O3S/c1-3-12-7-8-13(16)10-15(12)21(18,19)17(4-2)11-14-6-5-9-20-14/h7-8,10,14H,3-6,9,11,16H2,1-2H3. The minimum Gasteiger partial charge on any atom is -0.399 e. The zero-order valence-corrected chi connectivity index (χ0v) is 13.5. The molecular formula is C15H24N2O3S. The van der Waals surface area contributed by atoms with Crippen LogP contribution in [0.15, 0.2) is 23.1 Å². The normalized spacial score (nSPS) is 19.3. The molecule has 5 nitrogen and oxygen atoms in total. The zero-order chi connectivity index (χ0) is 15.5. The van der Waals surface area contributed by atoms with Crippen LogP contribution in [0, 0.1) is 0 Å². The molecule has 1 unspecified atom stereocenters. The van der Waals surface area contributed by atoms with Crippen LogP contribution in [0.2, 0.25) is 0 Å². The Morgan fingerprint density at radius 3 is 2.71 bits per heavy atom. The van der Waals surface area contributed by atoms with Gasteiger partial charge in [0.25, 0.3) is 0 Å². The largest absolute Gasteiger partial charge is 0.399 e. The fourth-order valence-electron chi connectivity index (χ4n) is 2.66. The predicted octanol–water partition coefficient (Wildman–Crippen LogP) is 2.02. The van der Waals surface area contributed by atoms with Gasteiger partial charge in [-0.25, -0.2) is 8.42 Å². The third-order valence-corrected chi connectivity index (χ3v) is 5.90. The molecule has 2 N–H and O–H groups in total. The molecule has 2 rings (SSSR count). The van der Waals surface area contributed by atoms with E-state index >= 15 is 0 Å². The Morgan fingerprint density at radius 2 is 2.14 bits per heavy atom. The number of nitrogens with two attached hydrogens (primary N) is 1. The SMILES string of the molecule is CCc1ccc(N)cc1S(=O)(=O)N(CC)CC1CCCO1. The number of nitrogens with zero attached hydrogens (tertiary/aromatic N) is 1. The number of sulfonamides is 1. The van der Waals surface area contributed by atoms with Crippen LogP contribution >= 0.6 is 0 Å². The second-order valence-electron chi connectivity index (χ2n) is 5.31. The molecule has 1 heterocycles. The van der Waals surface area contributed by atoms with E-state index < -0.39 is 10.0 Å². The van der Waals surface area contributed by atoms with Gasteiger partial charge in [-0.2, -0.15) is 4.31 Å².